The van der Waals surface area contributed by atoms with Crippen molar-refractivity contribution in [3.63, 3.8) is 0 Å². The molecule has 0 aromatic heterocycles. The topological polar surface area (TPSA) is 35.5 Å². The fourth-order valence-electron chi connectivity index (χ4n) is 1.77. The molecule has 1 fully saturated rings. The Balaban J connectivity index is 2.29. The van der Waals surface area contributed by atoms with Gasteiger partial charge >= 0.3 is 0 Å². The number of rotatable bonds is 4. The molecule has 0 radical (unpaired) electrons. The first-order chi connectivity index (χ1) is 5.88. The number of piperazine rings is 1. The molecule has 0 aromatic rings. The zero-order chi connectivity index (χ0) is 8.81. The zero-order valence-corrected chi connectivity index (χ0v) is 7.92. The molecular weight excluding hydrogens is 152 g/mol. The van der Waals surface area contributed by atoms with Crippen LogP contribution < -0.4 is 5.32 Å². The van der Waals surface area contributed by atoms with Gasteiger partial charge in [-0.05, 0) is 6.42 Å². The van der Waals surface area contributed by atoms with E-state index in [2.05, 4.69) is 17.1 Å². The second kappa shape index (κ2) is 5.51. The van der Waals surface area contributed by atoms with Crippen molar-refractivity contribution in [2.24, 2.45) is 0 Å². The summed E-state index contributed by atoms with van der Waals surface area (Å²) >= 11 is 0. The minimum atomic E-state index is 0.313. The van der Waals surface area contributed by atoms with Crippen molar-refractivity contribution in [3.05, 3.63) is 0 Å². The number of nitrogens with one attached hydrogen (secondary N) is 1. The second-order valence-electron chi connectivity index (χ2n) is 3.41. The van der Waals surface area contributed by atoms with Crippen molar-refractivity contribution in [2.45, 2.75) is 25.8 Å². The average Bonchev–Trinajstić information content (AvgIpc) is 2.15. The molecule has 2 N–H and O–H groups in total. The average molecular weight is 172 g/mol. The van der Waals surface area contributed by atoms with Gasteiger partial charge in [0, 0.05) is 32.2 Å². The minimum absolute atomic E-state index is 0.313. The Morgan fingerprint density at radius 1 is 1.42 bits per heavy atom. The van der Waals surface area contributed by atoms with E-state index in [0.717, 1.165) is 39.0 Å². The van der Waals surface area contributed by atoms with Crippen LogP contribution in [0.4, 0.5) is 0 Å². The van der Waals surface area contributed by atoms with E-state index in [1.807, 2.05) is 0 Å². The summed E-state index contributed by atoms with van der Waals surface area (Å²) in [7, 11) is 0. The van der Waals surface area contributed by atoms with Gasteiger partial charge in [-0.3, -0.25) is 4.90 Å². The van der Waals surface area contributed by atoms with E-state index in [9.17, 15) is 0 Å². The Morgan fingerprint density at radius 3 is 2.58 bits per heavy atom. The molecule has 1 aliphatic rings. The molecule has 0 unspecified atom stereocenters. The molecule has 1 aliphatic heterocycles. The van der Waals surface area contributed by atoms with E-state index >= 15 is 0 Å². The number of nitrogens with zero attached hydrogens (tertiary/aromatic N) is 1. The highest BCUT2D eigenvalue weighted by Crippen LogP contribution is 2.06. The Bertz CT molecular complexity index is 110. The molecule has 0 saturated carbocycles. The van der Waals surface area contributed by atoms with Crippen LogP contribution in [0.15, 0.2) is 0 Å². The molecule has 1 saturated heterocycles. The Kier molecular flexibility index (Phi) is 4.58. The molecule has 1 heterocycles. The first-order valence-corrected chi connectivity index (χ1v) is 4.94. The van der Waals surface area contributed by atoms with Gasteiger partial charge in [-0.1, -0.05) is 13.3 Å². The predicted molar refractivity (Wildman–Crippen MR) is 50.2 cm³/mol. The lowest BCUT2D eigenvalue weighted by atomic mass is 10.1. The van der Waals surface area contributed by atoms with Gasteiger partial charge in [-0.25, -0.2) is 0 Å². The molecule has 0 aliphatic carbocycles. The van der Waals surface area contributed by atoms with Crippen LogP contribution >= 0.6 is 0 Å². The van der Waals surface area contributed by atoms with Crippen LogP contribution in [0.5, 0.6) is 0 Å². The van der Waals surface area contributed by atoms with Crippen molar-refractivity contribution >= 4 is 0 Å². The summed E-state index contributed by atoms with van der Waals surface area (Å²) in [5.41, 5.74) is 0. The van der Waals surface area contributed by atoms with Gasteiger partial charge < -0.3 is 10.4 Å². The predicted octanol–water partition coefficient (Wildman–Crippen LogP) is 0.0526. The van der Waals surface area contributed by atoms with Crippen LogP contribution in [0.2, 0.25) is 0 Å². The lowest BCUT2D eigenvalue weighted by Crippen LogP contribution is -2.49. The molecular formula is C9H20N2O. The van der Waals surface area contributed by atoms with Crippen LogP contribution in [0.3, 0.4) is 0 Å². The van der Waals surface area contributed by atoms with E-state index < -0.39 is 0 Å². The van der Waals surface area contributed by atoms with Gasteiger partial charge in [0.05, 0.1) is 6.61 Å². The molecule has 0 amide bonds. The third kappa shape index (κ3) is 2.73. The molecule has 3 heteroatoms. The Labute approximate surface area is 74.8 Å². The first-order valence-electron chi connectivity index (χ1n) is 4.94. The molecule has 0 spiro atoms. The summed E-state index contributed by atoms with van der Waals surface area (Å²) in [4.78, 5) is 2.39. The summed E-state index contributed by atoms with van der Waals surface area (Å²) < 4.78 is 0. The molecule has 1 rings (SSSR count). The van der Waals surface area contributed by atoms with E-state index in [-0.39, 0.29) is 0 Å². The van der Waals surface area contributed by atoms with E-state index in [1.165, 1.54) is 0 Å². The number of aliphatic hydroxyl groups excluding tert-OH is 1. The second-order valence-corrected chi connectivity index (χ2v) is 3.41. The fraction of sp³-hybridized carbons (Fsp3) is 1.00. The highest BCUT2D eigenvalue weighted by molar-refractivity contribution is 4.75. The summed E-state index contributed by atoms with van der Waals surface area (Å²) in [6.07, 6.45) is 2.28. The van der Waals surface area contributed by atoms with E-state index in [0.29, 0.717) is 12.6 Å². The van der Waals surface area contributed by atoms with Crippen molar-refractivity contribution in [3.8, 4) is 0 Å². The van der Waals surface area contributed by atoms with E-state index in [1.54, 1.807) is 0 Å². The maximum absolute atomic E-state index is 9.15. The summed E-state index contributed by atoms with van der Waals surface area (Å²) in [6.45, 7) is 6.80. The summed E-state index contributed by atoms with van der Waals surface area (Å²) in [5.74, 6) is 0. The monoisotopic (exact) mass is 172 g/mol. The van der Waals surface area contributed by atoms with Crippen molar-refractivity contribution in [1.29, 1.82) is 0 Å². The Morgan fingerprint density at radius 2 is 2.08 bits per heavy atom. The van der Waals surface area contributed by atoms with Gasteiger partial charge in [0.25, 0.3) is 0 Å². The maximum Gasteiger partial charge on any atom is 0.0586 e. The molecule has 12 heavy (non-hydrogen) atoms. The highest BCUT2D eigenvalue weighted by atomic mass is 16.3. The van der Waals surface area contributed by atoms with Crippen LogP contribution in [0.1, 0.15) is 19.8 Å². The normalized spacial score (nSPS) is 22.5. The van der Waals surface area contributed by atoms with Gasteiger partial charge in [0.1, 0.15) is 0 Å². The minimum Gasteiger partial charge on any atom is -0.395 e. The molecule has 0 aromatic carbocycles. The van der Waals surface area contributed by atoms with Crippen molar-refractivity contribution < 1.29 is 5.11 Å². The Hall–Kier alpha value is -0.120. The summed E-state index contributed by atoms with van der Waals surface area (Å²) in [5, 5.41) is 12.5. The molecule has 0 bridgehead atoms. The number of hydrogen-bond donors (Lipinski definition) is 2. The van der Waals surface area contributed by atoms with Gasteiger partial charge in [-0.2, -0.15) is 0 Å². The van der Waals surface area contributed by atoms with Gasteiger partial charge in [-0.15, -0.1) is 0 Å². The van der Waals surface area contributed by atoms with Crippen LogP contribution in [-0.4, -0.2) is 48.8 Å². The molecule has 1 atom stereocenters. The third-order valence-electron chi connectivity index (χ3n) is 2.50. The van der Waals surface area contributed by atoms with Crippen LogP contribution in [-0.2, 0) is 0 Å². The largest absolute Gasteiger partial charge is 0.395 e. The lowest BCUT2D eigenvalue weighted by Gasteiger charge is -2.33. The van der Waals surface area contributed by atoms with Crippen molar-refractivity contribution in [2.75, 3.05) is 32.8 Å². The zero-order valence-electron chi connectivity index (χ0n) is 7.92. The van der Waals surface area contributed by atoms with Gasteiger partial charge in [0.15, 0.2) is 0 Å². The highest BCUT2D eigenvalue weighted by Gasteiger charge is 2.18. The van der Waals surface area contributed by atoms with Gasteiger partial charge in [0.2, 0.25) is 0 Å². The maximum atomic E-state index is 9.15. The molecule has 3 nitrogen and oxygen atoms in total. The first kappa shape index (κ1) is 9.96. The van der Waals surface area contributed by atoms with Crippen molar-refractivity contribution in [1.82, 2.24) is 10.2 Å². The van der Waals surface area contributed by atoms with Crippen LogP contribution in [0, 0.1) is 0 Å². The standard InChI is InChI=1S/C9H20N2O/c1-2-3-9(8-12)11-6-4-10-5-7-11/h9-10,12H,2-8H2,1H3/t9-/m0/s1. The SMILES string of the molecule is CCC[C@@H](CO)N1CCNCC1. The quantitative estimate of drug-likeness (QED) is 0.629. The number of hydrogen-bond acceptors (Lipinski definition) is 3. The summed E-state index contributed by atoms with van der Waals surface area (Å²) in [6, 6.07) is 0.400. The number of aliphatic hydroxyl groups is 1. The fourth-order valence-corrected chi connectivity index (χ4v) is 1.77. The third-order valence-corrected chi connectivity index (χ3v) is 2.50. The molecule has 72 valence electrons. The van der Waals surface area contributed by atoms with E-state index in [4.69, 9.17) is 5.11 Å². The lowest BCUT2D eigenvalue weighted by molar-refractivity contribution is 0.104. The van der Waals surface area contributed by atoms with Crippen LogP contribution in [0.25, 0.3) is 0 Å². The smallest absolute Gasteiger partial charge is 0.0586 e.